The van der Waals surface area contributed by atoms with Crippen molar-refractivity contribution in [2.75, 3.05) is 11.9 Å². The van der Waals surface area contributed by atoms with E-state index < -0.39 is 5.95 Å². The van der Waals surface area contributed by atoms with Gasteiger partial charge in [-0.05, 0) is 18.8 Å². The lowest BCUT2D eigenvalue weighted by molar-refractivity contribution is 0.0567. The van der Waals surface area contributed by atoms with E-state index in [9.17, 15) is 9.50 Å². The predicted molar refractivity (Wildman–Crippen MR) is 63.0 cm³/mol. The molecule has 4 nitrogen and oxygen atoms in total. The third kappa shape index (κ3) is 2.72. The van der Waals surface area contributed by atoms with E-state index in [0.29, 0.717) is 12.4 Å². The van der Waals surface area contributed by atoms with Crippen LogP contribution in [0.25, 0.3) is 0 Å². The molecule has 5 heteroatoms. The molecule has 0 bridgehead atoms. The van der Waals surface area contributed by atoms with Crippen LogP contribution in [0.1, 0.15) is 26.7 Å². The normalized spacial score (nSPS) is 19.1. The highest BCUT2D eigenvalue weighted by atomic mass is 19.1. The summed E-state index contributed by atoms with van der Waals surface area (Å²) in [7, 11) is 0. The van der Waals surface area contributed by atoms with Crippen molar-refractivity contribution in [1.29, 1.82) is 0 Å². The summed E-state index contributed by atoms with van der Waals surface area (Å²) in [5.41, 5.74) is -0.0599. The van der Waals surface area contributed by atoms with E-state index in [1.165, 1.54) is 12.4 Å². The van der Waals surface area contributed by atoms with Crippen molar-refractivity contribution in [2.24, 2.45) is 11.3 Å². The number of hydrogen-bond acceptors (Lipinski definition) is 4. The van der Waals surface area contributed by atoms with Crippen LogP contribution in [0, 0.1) is 17.3 Å². The molecule has 0 aliphatic heterocycles. The second-order valence-electron chi connectivity index (χ2n) is 5.13. The van der Waals surface area contributed by atoms with Crippen molar-refractivity contribution in [3.8, 4) is 0 Å². The topological polar surface area (TPSA) is 58.0 Å². The van der Waals surface area contributed by atoms with Gasteiger partial charge in [0.15, 0.2) is 0 Å². The molecule has 17 heavy (non-hydrogen) atoms. The van der Waals surface area contributed by atoms with Crippen molar-refractivity contribution in [1.82, 2.24) is 9.97 Å². The third-order valence-electron chi connectivity index (χ3n) is 3.41. The van der Waals surface area contributed by atoms with Crippen LogP contribution in [-0.2, 0) is 0 Å². The van der Waals surface area contributed by atoms with Gasteiger partial charge < -0.3 is 10.4 Å². The second-order valence-corrected chi connectivity index (χ2v) is 5.13. The fourth-order valence-electron chi connectivity index (χ4n) is 2.14. The van der Waals surface area contributed by atoms with Crippen LogP contribution in [-0.4, -0.2) is 27.7 Å². The Hall–Kier alpha value is -1.23. The van der Waals surface area contributed by atoms with Crippen LogP contribution >= 0.6 is 0 Å². The fourth-order valence-corrected chi connectivity index (χ4v) is 2.14. The van der Waals surface area contributed by atoms with E-state index in [1.807, 2.05) is 13.8 Å². The van der Waals surface area contributed by atoms with Gasteiger partial charge in [-0.25, -0.2) is 9.97 Å². The Morgan fingerprint density at radius 3 is 2.71 bits per heavy atom. The Balaban J connectivity index is 1.94. The summed E-state index contributed by atoms with van der Waals surface area (Å²) < 4.78 is 12.8. The predicted octanol–water partition coefficient (Wildman–Crippen LogP) is 1.82. The maximum atomic E-state index is 12.8. The Morgan fingerprint density at radius 2 is 2.18 bits per heavy atom. The monoisotopic (exact) mass is 239 g/mol. The molecule has 2 rings (SSSR count). The van der Waals surface area contributed by atoms with Gasteiger partial charge in [0.05, 0.1) is 6.10 Å². The van der Waals surface area contributed by atoms with Crippen LogP contribution in [0.3, 0.4) is 0 Å². The number of aromatic nitrogens is 2. The standard InChI is InChI=1S/C12H18FN3O/c1-8(2)11(17)12(3-4-12)6-14-10-5-9(13)15-7-16-10/h5,7-8,11,17H,3-4,6H2,1-2H3,(H,14,15,16). The molecule has 2 N–H and O–H groups in total. The third-order valence-corrected chi connectivity index (χ3v) is 3.41. The Bertz CT molecular complexity index is 393. The molecule has 0 amide bonds. The van der Waals surface area contributed by atoms with Gasteiger partial charge >= 0.3 is 0 Å². The summed E-state index contributed by atoms with van der Waals surface area (Å²) in [5.74, 6) is 0.165. The maximum Gasteiger partial charge on any atom is 0.217 e. The van der Waals surface area contributed by atoms with Gasteiger partial charge in [0.1, 0.15) is 12.1 Å². The second kappa shape index (κ2) is 4.56. The van der Waals surface area contributed by atoms with Crippen molar-refractivity contribution in [3.05, 3.63) is 18.3 Å². The highest BCUT2D eigenvalue weighted by molar-refractivity contribution is 5.33. The van der Waals surface area contributed by atoms with Crippen LogP contribution in [0.15, 0.2) is 12.4 Å². The average molecular weight is 239 g/mol. The van der Waals surface area contributed by atoms with Crippen LogP contribution in [0.5, 0.6) is 0 Å². The largest absolute Gasteiger partial charge is 0.392 e. The number of rotatable bonds is 5. The van der Waals surface area contributed by atoms with Crippen molar-refractivity contribution < 1.29 is 9.50 Å². The zero-order valence-electron chi connectivity index (χ0n) is 10.2. The van der Waals surface area contributed by atoms with Gasteiger partial charge in [-0.15, -0.1) is 0 Å². The fraction of sp³-hybridized carbons (Fsp3) is 0.667. The molecule has 94 valence electrons. The van der Waals surface area contributed by atoms with Gasteiger partial charge in [0.2, 0.25) is 5.95 Å². The summed E-state index contributed by atoms with van der Waals surface area (Å²) in [5, 5.41) is 13.2. The number of aliphatic hydroxyl groups is 1. The van der Waals surface area contributed by atoms with Gasteiger partial charge in [-0.1, -0.05) is 13.8 Å². The zero-order valence-corrected chi connectivity index (χ0v) is 10.2. The minimum atomic E-state index is -0.545. The van der Waals surface area contributed by atoms with E-state index in [-0.39, 0.29) is 17.4 Å². The van der Waals surface area contributed by atoms with E-state index in [2.05, 4.69) is 15.3 Å². The highest BCUT2D eigenvalue weighted by Crippen LogP contribution is 2.50. The van der Waals surface area contributed by atoms with Crippen molar-refractivity contribution >= 4 is 5.82 Å². The minimum absolute atomic E-state index is 0.0599. The molecule has 0 saturated heterocycles. The molecule has 1 saturated carbocycles. The summed E-state index contributed by atoms with van der Waals surface area (Å²) >= 11 is 0. The number of nitrogens with one attached hydrogen (secondary N) is 1. The molecule has 0 spiro atoms. The minimum Gasteiger partial charge on any atom is -0.392 e. The van der Waals surface area contributed by atoms with Crippen LogP contribution in [0.2, 0.25) is 0 Å². The first kappa shape index (κ1) is 12.2. The Morgan fingerprint density at radius 1 is 1.47 bits per heavy atom. The molecular weight excluding hydrogens is 221 g/mol. The van der Waals surface area contributed by atoms with E-state index in [4.69, 9.17) is 0 Å². The summed E-state index contributed by atoms with van der Waals surface area (Å²) in [6.45, 7) is 4.65. The zero-order chi connectivity index (χ0) is 12.5. The molecular formula is C12H18FN3O. The number of anilines is 1. The average Bonchev–Trinajstić information content (AvgIpc) is 3.06. The summed E-state index contributed by atoms with van der Waals surface area (Å²) in [6, 6.07) is 1.26. The molecule has 0 aromatic carbocycles. The van der Waals surface area contributed by atoms with Gasteiger partial charge in [-0.2, -0.15) is 4.39 Å². The van der Waals surface area contributed by atoms with E-state index in [0.717, 1.165) is 12.8 Å². The first-order valence-corrected chi connectivity index (χ1v) is 5.93. The highest BCUT2D eigenvalue weighted by Gasteiger charge is 2.49. The smallest absolute Gasteiger partial charge is 0.217 e. The van der Waals surface area contributed by atoms with E-state index >= 15 is 0 Å². The first-order chi connectivity index (χ1) is 8.03. The molecule has 1 fully saturated rings. The number of hydrogen-bond donors (Lipinski definition) is 2. The molecule has 1 aromatic heterocycles. The van der Waals surface area contributed by atoms with Crippen LogP contribution < -0.4 is 5.32 Å². The lowest BCUT2D eigenvalue weighted by atomic mass is 9.90. The van der Waals surface area contributed by atoms with Gasteiger partial charge in [0.25, 0.3) is 0 Å². The van der Waals surface area contributed by atoms with Crippen molar-refractivity contribution in [3.63, 3.8) is 0 Å². The SMILES string of the molecule is CC(C)C(O)C1(CNc2cc(F)ncn2)CC1. The van der Waals surface area contributed by atoms with Crippen molar-refractivity contribution in [2.45, 2.75) is 32.8 Å². The number of aliphatic hydroxyl groups excluding tert-OH is 1. The molecule has 1 heterocycles. The molecule has 1 atom stereocenters. The number of nitrogens with zero attached hydrogens (tertiary/aromatic N) is 2. The summed E-state index contributed by atoms with van der Waals surface area (Å²) in [4.78, 5) is 7.33. The van der Waals surface area contributed by atoms with Gasteiger partial charge in [0, 0.05) is 18.0 Å². The number of halogens is 1. The molecule has 1 unspecified atom stereocenters. The quantitative estimate of drug-likeness (QED) is 0.770. The van der Waals surface area contributed by atoms with Gasteiger partial charge in [-0.3, -0.25) is 0 Å². The van der Waals surface area contributed by atoms with E-state index in [1.54, 1.807) is 0 Å². The van der Waals surface area contributed by atoms with Crippen LogP contribution in [0.4, 0.5) is 10.2 Å². The molecule has 1 aliphatic rings. The Labute approximate surface area is 100 Å². The Kier molecular flexibility index (Phi) is 3.28. The molecule has 1 aromatic rings. The lowest BCUT2D eigenvalue weighted by Gasteiger charge is -2.25. The first-order valence-electron chi connectivity index (χ1n) is 5.93. The lowest BCUT2D eigenvalue weighted by Crippen LogP contribution is -2.33. The maximum absolute atomic E-state index is 12.8. The molecule has 1 aliphatic carbocycles. The molecule has 0 radical (unpaired) electrons. The summed E-state index contributed by atoms with van der Waals surface area (Å²) in [6.07, 6.45) is 2.89.